The Morgan fingerprint density at radius 3 is 2.93 bits per heavy atom. The molecule has 1 heterocycles. The number of nitrogens with two attached hydrogens (primary N) is 1. The summed E-state index contributed by atoms with van der Waals surface area (Å²) in [7, 11) is 0. The zero-order valence-electron chi connectivity index (χ0n) is 8.07. The van der Waals surface area contributed by atoms with Crippen LogP contribution in [0.2, 0.25) is 0 Å². The lowest BCUT2D eigenvalue weighted by atomic mass is 9.83. The van der Waals surface area contributed by atoms with Crippen LogP contribution < -0.4 is 11.3 Å². The van der Waals surface area contributed by atoms with Gasteiger partial charge in [-0.05, 0) is 12.8 Å². The lowest BCUT2D eigenvalue weighted by Gasteiger charge is -2.27. The average molecular weight is 193 g/mol. The first-order valence-electron chi connectivity index (χ1n) is 5.07. The van der Waals surface area contributed by atoms with Crippen LogP contribution in [0.4, 0.5) is 0 Å². The molecule has 2 rings (SSSR count). The molecule has 3 N–H and O–H groups in total. The molecule has 0 bridgehead atoms. The maximum atomic E-state index is 11.1. The number of hydrogen-bond donors (Lipinski definition) is 2. The Labute approximate surface area is 82.6 Å². The summed E-state index contributed by atoms with van der Waals surface area (Å²) in [5.41, 5.74) is 6.77. The third-order valence-electron chi connectivity index (χ3n) is 2.90. The van der Waals surface area contributed by atoms with Crippen LogP contribution in [-0.2, 0) is 0 Å². The van der Waals surface area contributed by atoms with Crippen molar-refractivity contribution in [3.8, 4) is 0 Å². The highest BCUT2D eigenvalue weighted by atomic mass is 16.1. The van der Waals surface area contributed by atoms with E-state index in [-0.39, 0.29) is 17.5 Å². The van der Waals surface area contributed by atoms with Crippen LogP contribution >= 0.6 is 0 Å². The number of nitrogens with zero attached hydrogens (tertiary/aromatic N) is 1. The minimum absolute atomic E-state index is 0.0900. The van der Waals surface area contributed by atoms with Crippen LogP contribution in [0.5, 0.6) is 0 Å². The highest BCUT2D eigenvalue weighted by molar-refractivity contribution is 5.10. The molecule has 1 aromatic heterocycles. The van der Waals surface area contributed by atoms with E-state index < -0.39 is 0 Å². The minimum Gasteiger partial charge on any atom is -0.327 e. The van der Waals surface area contributed by atoms with Crippen LogP contribution in [0.15, 0.2) is 17.2 Å². The second-order valence-corrected chi connectivity index (χ2v) is 3.89. The van der Waals surface area contributed by atoms with Crippen molar-refractivity contribution >= 4 is 0 Å². The summed E-state index contributed by atoms with van der Waals surface area (Å²) < 4.78 is 0. The Bertz CT molecular complexity index is 360. The first-order chi connectivity index (χ1) is 6.77. The van der Waals surface area contributed by atoms with Gasteiger partial charge in [-0.3, -0.25) is 4.79 Å². The second kappa shape index (κ2) is 3.92. The molecule has 0 radical (unpaired) electrons. The zero-order valence-corrected chi connectivity index (χ0v) is 8.07. The molecule has 1 saturated carbocycles. The molecule has 76 valence electrons. The van der Waals surface area contributed by atoms with Crippen LogP contribution in [0.1, 0.15) is 37.3 Å². The molecule has 0 spiro atoms. The van der Waals surface area contributed by atoms with Crippen LogP contribution in [0.3, 0.4) is 0 Å². The summed E-state index contributed by atoms with van der Waals surface area (Å²) in [5.74, 6) is 0.269. The van der Waals surface area contributed by atoms with Gasteiger partial charge in [0.05, 0.1) is 12.0 Å². The van der Waals surface area contributed by atoms with Crippen molar-refractivity contribution in [2.75, 3.05) is 0 Å². The van der Waals surface area contributed by atoms with Gasteiger partial charge < -0.3 is 10.7 Å². The third-order valence-corrected chi connectivity index (χ3v) is 2.90. The number of H-pyrrole nitrogens is 1. The Kier molecular flexibility index (Phi) is 2.63. The summed E-state index contributed by atoms with van der Waals surface area (Å²) in [5, 5.41) is 0. The Morgan fingerprint density at radius 1 is 1.43 bits per heavy atom. The van der Waals surface area contributed by atoms with Crippen LogP contribution in [0.25, 0.3) is 0 Å². The molecule has 14 heavy (non-hydrogen) atoms. The fraction of sp³-hybridized carbons (Fsp3) is 0.600. The summed E-state index contributed by atoms with van der Waals surface area (Å²) in [6.07, 6.45) is 5.93. The molecule has 0 saturated heterocycles. The highest BCUT2D eigenvalue weighted by Crippen LogP contribution is 2.29. The molecule has 1 aliphatic carbocycles. The third kappa shape index (κ3) is 1.85. The predicted molar refractivity (Wildman–Crippen MR) is 54.0 cm³/mol. The molecule has 0 aromatic carbocycles. The molecule has 1 aliphatic rings. The zero-order chi connectivity index (χ0) is 9.97. The van der Waals surface area contributed by atoms with E-state index in [4.69, 9.17) is 5.73 Å². The van der Waals surface area contributed by atoms with Crippen molar-refractivity contribution in [1.29, 1.82) is 0 Å². The van der Waals surface area contributed by atoms with E-state index in [2.05, 4.69) is 9.97 Å². The number of rotatable bonds is 1. The monoisotopic (exact) mass is 193 g/mol. The topological polar surface area (TPSA) is 71.8 Å². The molecule has 4 heteroatoms. The van der Waals surface area contributed by atoms with Gasteiger partial charge in [-0.25, -0.2) is 4.98 Å². The first-order valence-corrected chi connectivity index (χ1v) is 5.07. The highest BCUT2D eigenvalue weighted by Gasteiger charge is 2.24. The van der Waals surface area contributed by atoms with Gasteiger partial charge in [0.25, 0.3) is 5.56 Å². The maximum Gasteiger partial charge on any atom is 0.250 e. The van der Waals surface area contributed by atoms with Gasteiger partial charge in [0.1, 0.15) is 0 Å². The van der Waals surface area contributed by atoms with Gasteiger partial charge >= 0.3 is 0 Å². The van der Waals surface area contributed by atoms with Crippen molar-refractivity contribution in [3.05, 3.63) is 28.4 Å². The van der Waals surface area contributed by atoms with Crippen molar-refractivity contribution in [2.45, 2.75) is 37.6 Å². The fourth-order valence-corrected chi connectivity index (χ4v) is 2.11. The van der Waals surface area contributed by atoms with Crippen molar-refractivity contribution in [2.24, 2.45) is 5.73 Å². The predicted octanol–water partition coefficient (Wildman–Crippen LogP) is 0.755. The van der Waals surface area contributed by atoms with E-state index in [1.54, 1.807) is 6.07 Å². The Balaban J connectivity index is 2.24. The number of aromatic nitrogens is 2. The molecule has 2 atom stereocenters. The van der Waals surface area contributed by atoms with E-state index in [1.165, 1.54) is 19.2 Å². The Hall–Kier alpha value is -1.16. The average Bonchev–Trinajstić information content (AvgIpc) is 2.18. The maximum absolute atomic E-state index is 11.1. The molecule has 0 amide bonds. The number of aromatic amines is 1. The van der Waals surface area contributed by atoms with Crippen LogP contribution in [0, 0.1) is 0 Å². The second-order valence-electron chi connectivity index (χ2n) is 3.89. The Morgan fingerprint density at radius 2 is 2.21 bits per heavy atom. The SMILES string of the molecule is NC1CCCCC1c1cc(=O)[nH]cn1. The van der Waals surface area contributed by atoms with Crippen molar-refractivity contribution in [1.82, 2.24) is 9.97 Å². The smallest absolute Gasteiger partial charge is 0.250 e. The fourth-order valence-electron chi connectivity index (χ4n) is 2.11. The molecule has 2 unspecified atom stereocenters. The van der Waals surface area contributed by atoms with Gasteiger partial charge in [0.15, 0.2) is 0 Å². The normalized spacial score (nSPS) is 27.5. The lowest BCUT2D eigenvalue weighted by Crippen LogP contribution is -2.32. The van der Waals surface area contributed by atoms with Gasteiger partial charge in [-0.1, -0.05) is 12.8 Å². The molecule has 0 aliphatic heterocycles. The van der Waals surface area contributed by atoms with E-state index in [9.17, 15) is 4.79 Å². The van der Waals surface area contributed by atoms with E-state index in [0.29, 0.717) is 0 Å². The molecule has 4 nitrogen and oxygen atoms in total. The van der Waals surface area contributed by atoms with Crippen molar-refractivity contribution < 1.29 is 0 Å². The number of nitrogens with one attached hydrogen (secondary N) is 1. The summed E-state index contributed by atoms with van der Waals surface area (Å²) in [4.78, 5) is 17.8. The summed E-state index contributed by atoms with van der Waals surface area (Å²) in [6, 6.07) is 1.73. The number of hydrogen-bond acceptors (Lipinski definition) is 3. The summed E-state index contributed by atoms with van der Waals surface area (Å²) >= 11 is 0. The molecule has 1 aromatic rings. The quantitative estimate of drug-likeness (QED) is 0.691. The van der Waals surface area contributed by atoms with E-state index in [1.807, 2.05) is 0 Å². The molecule has 1 fully saturated rings. The van der Waals surface area contributed by atoms with Gasteiger partial charge in [-0.2, -0.15) is 0 Å². The van der Waals surface area contributed by atoms with E-state index in [0.717, 1.165) is 18.5 Å². The lowest BCUT2D eigenvalue weighted by molar-refractivity contribution is 0.379. The summed E-state index contributed by atoms with van der Waals surface area (Å²) in [6.45, 7) is 0. The first kappa shape index (κ1) is 9.40. The van der Waals surface area contributed by atoms with Gasteiger partial charge in [0.2, 0.25) is 0 Å². The minimum atomic E-state index is -0.0900. The molecular formula is C10H15N3O. The van der Waals surface area contributed by atoms with Crippen LogP contribution in [-0.4, -0.2) is 16.0 Å². The largest absolute Gasteiger partial charge is 0.327 e. The molecular weight excluding hydrogens is 178 g/mol. The van der Waals surface area contributed by atoms with E-state index >= 15 is 0 Å². The van der Waals surface area contributed by atoms with Gasteiger partial charge in [-0.15, -0.1) is 0 Å². The van der Waals surface area contributed by atoms with Crippen molar-refractivity contribution in [3.63, 3.8) is 0 Å². The standard InChI is InChI=1S/C10H15N3O/c11-8-4-2-1-3-7(8)9-5-10(14)13-6-12-9/h5-8H,1-4,11H2,(H,12,13,14). The van der Waals surface area contributed by atoms with Gasteiger partial charge in [0, 0.05) is 18.0 Å².